The summed E-state index contributed by atoms with van der Waals surface area (Å²) >= 11 is 0. The van der Waals surface area contributed by atoms with E-state index < -0.39 is 0 Å². The van der Waals surface area contributed by atoms with Crippen molar-refractivity contribution in [1.29, 1.82) is 0 Å². The smallest absolute Gasteiger partial charge is 0.162 e. The molecule has 0 radical (unpaired) electrons. The lowest BCUT2D eigenvalue weighted by Crippen LogP contribution is -2.39. The first kappa shape index (κ1) is 16.2. The molecule has 1 aliphatic rings. The van der Waals surface area contributed by atoms with E-state index in [2.05, 4.69) is 4.90 Å². The quantitative estimate of drug-likeness (QED) is 0.747. The molecule has 0 saturated heterocycles. The molecule has 116 valence electrons. The highest BCUT2D eigenvalue weighted by atomic mass is 16.3. The summed E-state index contributed by atoms with van der Waals surface area (Å²) in [6, 6.07) is 10.1. The van der Waals surface area contributed by atoms with Crippen molar-refractivity contribution in [2.75, 3.05) is 19.7 Å². The predicted octanol–water partition coefficient (Wildman–Crippen LogP) is 3.28. The van der Waals surface area contributed by atoms with Crippen LogP contribution in [0.2, 0.25) is 0 Å². The number of rotatable bonds is 8. The molecule has 0 aliphatic heterocycles. The minimum atomic E-state index is 0.211. The molecule has 1 aromatic carbocycles. The third-order valence-corrected chi connectivity index (χ3v) is 4.42. The van der Waals surface area contributed by atoms with Gasteiger partial charge in [-0.2, -0.15) is 0 Å². The highest BCUT2D eigenvalue weighted by Crippen LogP contribution is 2.22. The number of carbonyl (C=O) groups is 1. The van der Waals surface area contributed by atoms with Crippen LogP contribution in [-0.4, -0.2) is 41.5 Å². The number of hydrogen-bond donors (Lipinski definition) is 1. The van der Waals surface area contributed by atoms with Crippen LogP contribution in [0.4, 0.5) is 0 Å². The molecule has 1 aliphatic carbocycles. The summed E-state index contributed by atoms with van der Waals surface area (Å²) in [7, 11) is 0. The number of benzene rings is 1. The molecule has 0 amide bonds. The fourth-order valence-corrected chi connectivity index (χ4v) is 3.26. The molecule has 0 bridgehead atoms. The fourth-order valence-electron chi connectivity index (χ4n) is 3.26. The van der Waals surface area contributed by atoms with E-state index in [-0.39, 0.29) is 12.4 Å². The third kappa shape index (κ3) is 5.25. The molecule has 1 aromatic rings. The number of hydrogen-bond acceptors (Lipinski definition) is 3. The lowest BCUT2D eigenvalue weighted by Gasteiger charge is -2.33. The number of aliphatic hydroxyl groups is 1. The zero-order chi connectivity index (χ0) is 14.9. The largest absolute Gasteiger partial charge is 0.395 e. The SMILES string of the molecule is O=C(CCCN(CCO)C1CCCCC1)c1ccccc1. The van der Waals surface area contributed by atoms with Crippen molar-refractivity contribution >= 4 is 5.78 Å². The van der Waals surface area contributed by atoms with Crippen LogP contribution in [0.3, 0.4) is 0 Å². The molecule has 1 saturated carbocycles. The van der Waals surface area contributed by atoms with E-state index in [1.54, 1.807) is 0 Å². The topological polar surface area (TPSA) is 40.5 Å². The average Bonchev–Trinajstić information content (AvgIpc) is 2.55. The summed E-state index contributed by atoms with van der Waals surface area (Å²) in [6.07, 6.45) is 7.91. The summed E-state index contributed by atoms with van der Waals surface area (Å²) in [6.45, 7) is 1.87. The normalized spacial score (nSPS) is 16.3. The predicted molar refractivity (Wildman–Crippen MR) is 85.5 cm³/mol. The lowest BCUT2D eigenvalue weighted by molar-refractivity contribution is 0.0952. The van der Waals surface area contributed by atoms with Gasteiger partial charge in [-0.3, -0.25) is 9.69 Å². The number of aliphatic hydroxyl groups excluding tert-OH is 1. The van der Waals surface area contributed by atoms with Gasteiger partial charge in [0.1, 0.15) is 0 Å². The Morgan fingerprint density at radius 3 is 2.48 bits per heavy atom. The van der Waals surface area contributed by atoms with Gasteiger partial charge in [-0.1, -0.05) is 49.6 Å². The molecular formula is C18H27NO2. The van der Waals surface area contributed by atoms with E-state index in [0.29, 0.717) is 12.5 Å². The summed E-state index contributed by atoms with van der Waals surface area (Å²) in [5, 5.41) is 9.25. The van der Waals surface area contributed by atoms with Crippen molar-refractivity contribution < 1.29 is 9.90 Å². The summed E-state index contributed by atoms with van der Waals surface area (Å²) in [5.74, 6) is 0.225. The Morgan fingerprint density at radius 2 is 1.81 bits per heavy atom. The maximum absolute atomic E-state index is 12.1. The van der Waals surface area contributed by atoms with Crippen LogP contribution in [0.1, 0.15) is 55.3 Å². The van der Waals surface area contributed by atoms with E-state index in [9.17, 15) is 9.90 Å². The highest BCUT2D eigenvalue weighted by molar-refractivity contribution is 5.95. The molecule has 1 N–H and O–H groups in total. The second-order valence-electron chi connectivity index (χ2n) is 5.94. The molecule has 0 atom stereocenters. The molecule has 0 heterocycles. The Morgan fingerprint density at radius 1 is 1.10 bits per heavy atom. The van der Waals surface area contributed by atoms with Gasteiger partial charge in [0.2, 0.25) is 0 Å². The van der Waals surface area contributed by atoms with Crippen LogP contribution >= 0.6 is 0 Å². The maximum atomic E-state index is 12.1. The van der Waals surface area contributed by atoms with Gasteiger partial charge in [0.05, 0.1) is 6.61 Å². The van der Waals surface area contributed by atoms with Crippen molar-refractivity contribution in [2.45, 2.75) is 51.0 Å². The van der Waals surface area contributed by atoms with Crippen molar-refractivity contribution in [1.82, 2.24) is 4.90 Å². The molecule has 0 spiro atoms. The summed E-state index contributed by atoms with van der Waals surface area (Å²) in [4.78, 5) is 14.5. The van der Waals surface area contributed by atoms with Crippen LogP contribution in [0, 0.1) is 0 Å². The van der Waals surface area contributed by atoms with E-state index in [0.717, 1.165) is 25.1 Å². The molecule has 1 fully saturated rings. The minimum Gasteiger partial charge on any atom is -0.395 e. The Hall–Kier alpha value is -1.19. The monoisotopic (exact) mass is 289 g/mol. The van der Waals surface area contributed by atoms with Crippen molar-refractivity contribution in [3.8, 4) is 0 Å². The highest BCUT2D eigenvalue weighted by Gasteiger charge is 2.20. The van der Waals surface area contributed by atoms with E-state index in [4.69, 9.17) is 0 Å². The number of carbonyl (C=O) groups excluding carboxylic acids is 1. The Kier molecular flexibility index (Phi) is 6.90. The van der Waals surface area contributed by atoms with Gasteiger partial charge in [0.15, 0.2) is 5.78 Å². The fraction of sp³-hybridized carbons (Fsp3) is 0.611. The summed E-state index contributed by atoms with van der Waals surface area (Å²) in [5.41, 5.74) is 0.809. The Balaban J connectivity index is 1.77. The Bertz CT molecular complexity index is 412. The van der Waals surface area contributed by atoms with Crippen molar-refractivity contribution in [2.24, 2.45) is 0 Å². The van der Waals surface area contributed by atoms with Crippen molar-refractivity contribution in [3.05, 3.63) is 35.9 Å². The zero-order valence-corrected chi connectivity index (χ0v) is 12.8. The molecular weight excluding hydrogens is 262 g/mol. The third-order valence-electron chi connectivity index (χ3n) is 4.42. The van der Waals surface area contributed by atoms with Crippen LogP contribution in [0.5, 0.6) is 0 Å². The average molecular weight is 289 g/mol. The second-order valence-corrected chi connectivity index (χ2v) is 5.94. The number of ketones is 1. The Labute approximate surface area is 128 Å². The molecule has 3 nitrogen and oxygen atoms in total. The molecule has 3 heteroatoms. The van der Waals surface area contributed by atoms with E-state index in [1.165, 1.54) is 32.1 Å². The minimum absolute atomic E-state index is 0.211. The standard InChI is InChI=1S/C18H27NO2/c20-15-14-19(17-10-5-2-6-11-17)13-7-12-18(21)16-8-3-1-4-9-16/h1,3-4,8-9,17,20H,2,5-7,10-15H2. The molecule has 0 unspecified atom stereocenters. The van der Waals surface area contributed by atoms with Crippen LogP contribution in [-0.2, 0) is 0 Å². The van der Waals surface area contributed by atoms with Crippen LogP contribution in [0.25, 0.3) is 0 Å². The van der Waals surface area contributed by atoms with E-state index >= 15 is 0 Å². The van der Waals surface area contributed by atoms with Crippen molar-refractivity contribution in [3.63, 3.8) is 0 Å². The van der Waals surface area contributed by atoms with Gasteiger partial charge in [0.25, 0.3) is 0 Å². The second kappa shape index (κ2) is 8.96. The molecule has 21 heavy (non-hydrogen) atoms. The number of nitrogens with zero attached hydrogens (tertiary/aromatic N) is 1. The van der Waals surface area contributed by atoms with Gasteiger partial charge in [-0.15, -0.1) is 0 Å². The summed E-state index contributed by atoms with van der Waals surface area (Å²) < 4.78 is 0. The van der Waals surface area contributed by atoms with Gasteiger partial charge in [-0.25, -0.2) is 0 Å². The first-order valence-corrected chi connectivity index (χ1v) is 8.24. The zero-order valence-electron chi connectivity index (χ0n) is 12.8. The maximum Gasteiger partial charge on any atom is 0.162 e. The van der Waals surface area contributed by atoms with Gasteiger partial charge in [-0.05, 0) is 25.8 Å². The van der Waals surface area contributed by atoms with Gasteiger partial charge >= 0.3 is 0 Å². The first-order chi connectivity index (χ1) is 10.3. The van der Waals surface area contributed by atoms with Crippen LogP contribution in [0.15, 0.2) is 30.3 Å². The van der Waals surface area contributed by atoms with Gasteiger partial charge in [0, 0.05) is 24.6 Å². The molecule has 2 rings (SSSR count). The van der Waals surface area contributed by atoms with E-state index in [1.807, 2.05) is 30.3 Å². The lowest BCUT2D eigenvalue weighted by atomic mass is 9.94. The number of Topliss-reactive ketones (excluding diaryl/α,β-unsaturated/α-hetero) is 1. The first-order valence-electron chi connectivity index (χ1n) is 8.24. The van der Waals surface area contributed by atoms with Crippen LogP contribution < -0.4 is 0 Å². The molecule has 0 aromatic heterocycles. The van der Waals surface area contributed by atoms with Gasteiger partial charge < -0.3 is 5.11 Å².